The number of nitrogens with zero attached hydrogens (tertiary/aromatic N) is 2. The van der Waals surface area contributed by atoms with E-state index >= 15 is 0 Å². The average Bonchev–Trinajstić information content (AvgIpc) is 2.57. The Bertz CT molecular complexity index is 247. The molecule has 0 unspecified atom stereocenters. The Balaban J connectivity index is 2.18. The molecule has 0 aromatic carbocycles. The molecule has 0 aliphatic rings. The molecule has 72 valence electrons. The van der Waals surface area contributed by atoms with Crippen molar-refractivity contribution in [1.29, 1.82) is 0 Å². The van der Waals surface area contributed by atoms with Crippen molar-refractivity contribution >= 4 is 11.9 Å². The fourth-order valence-corrected chi connectivity index (χ4v) is 0.858. The summed E-state index contributed by atoms with van der Waals surface area (Å²) in [6.45, 7) is 0.121. The Kier molecular flexibility index (Phi) is 3.90. The number of aromatic nitrogens is 3. The number of rotatable bonds is 5. The summed E-state index contributed by atoms with van der Waals surface area (Å²) >= 11 is 0. The molecule has 6 heteroatoms. The number of aliphatic hydroxyl groups excluding tert-OH is 1. The van der Waals surface area contributed by atoms with Crippen LogP contribution in [0.1, 0.15) is 19.3 Å². The number of carbonyl (C=O) groups excluding carboxylic acids is 1. The molecular weight excluding hydrogens is 172 g/mol. The van der Waals surface area contributed by atoms with Gasteiger partial charge in [0.1, 0.15) is 6.33 Å². The van der Waals surface area contributed by atoms with Crippen LogP contribution in [0.3, 0.4) is 0 Å². The van der Waals surface area contributed by atoms with Crippen LogP contribution in [0.25, 0.3) is 0 Å². The summed E-state index contributed by atoms with van der Waals surface area (Å²) in [7, 11) is 0. The number of hydrogen-bond donors (Lipinski definition) is 3. The van der Waals surface area contributed by atoms with Crippen molar-refractivity contribution < 1.29 is 9.90 Å². The Morgan fingerprint density at radius 2 is 2.46 bits per heavy atom. The molecule has 0 bridgehead atoms. The Morgan fingerprint density at radius 1 is 1.62 bits per heavy atom. The van der Waals surface area contributed by atoms with E-state index in [9.17, 15) is 4.79 Å². The first-order valence-electron chi connectivity index (χ1n) is 4.09. The van der Waals surface area contributed by atoms with Gasteiger partial charge in [0.25, 0.3) is 0 Å². The number of aliphatic hydroxyl groups is 1. The lowest BCUT2D eigenvalue weighted by Gasteiger charge is -1.99. The standard InChI is InChI=1S/C7H12N4O2/c12-4-2-1-3-6(13)10-7-8-5-9-11-7/h5,12H,1-4H2,(H2,8,9,10,11,13). The van der Waals surface area contributed by atoms with Gasteiger partial charge in [0.15, 0.2) is 0 Å². The Labute approximate surface area is 75.4 Å². The maximum atomic E-state index is 11.1. The van der Waals surface area contributed by atoms with E-state index in [1.165, 1.54) is 6.33 Å². The molecule has 1 amide bonds. The van der Waals surface area contributed by atoms with Crippen LogP contribution in [-0.4, -0.2) is 32.8 Å². The predicted molar refractivity (Wildman–Crippen MR) is 45.9 cm³/mol. The van der Waals surface area contributed by atoms with Crippen molar-refractivity contribution in [2.75, 3.05) is 11.9 Å². The largest absolute Gasteiger partial charge is 0.396 e. The normalized spacial score (nSPS) is 9.92. The first-order valence-corrected chi connectivity index (χ1v) is 4.09. The second kappa shape index (κ2) is 5.26. The maximum absolute atomic E-state index is 11.1. The summed E-state index contributed by atoms with van der Waals surface area (Å²) in [5.41, 5.74) is 0. The van der Waals surface area contributed by atoms with Crippen LogP contribution < -0.4 is 5.32 Å². The SMILES string of the molecule is O=C(CCCCO)Nc1ncn[nH]1. The molecule has 1 rings (SSSR count). The van der Waals surface area contributed by atoms with Gasteiger partial charge in [-0.3, -0.25) is 10.1 Å². The number of anilines is 1. The van der Waals surface area contributed by atoms with Gasteiger partial charge in [0.2, 0.25) is 11.9 Å². The van der Waals surface area contributed by atoms with E-state index in [4.69, 9.17) is 5.11 Å². The topological polar surface area (TPSA) is 90.9 Å². The third kappa shape index (κ3) is 3.66. The van der Waals surface area contributed by atoms with E-state index < -0.39 is 0 Å². The maximum Gasteiger partial charge on any atom is 0.226 e. The fraction of sp³-hybridized carbons (Fsp3) is 0.571. The van der Waals surface area contributed by atoms with Crippen molar-refractivity contribution in [2.45, 2.75) is 19.3 Å². The number of nitrogens with one attached hydrogen (secondary N) is 2. The lowest BCUT2D eigenvalue weighted by Crippen LogP contribution is -2.12. The molecule has 13 heavy (non-hydrogen) atoms. The van der Waals surface area contributed by atoms with Gasteiger partial charge in [-0.2, -0.15) is 10.1 Å². The number of aromatic amines is 1. The lowest BCUT2D eigenvalue weighted by molar-refractivity contribution is -0.116. The second-order valence-corrected chi connectivity index (χ2v) is 2.56. The van der Waals surface area contributed by atoms with E-state index in [1.807, 2.05) is 0 Å². The van der Waals surface area contributed by atoms with Crippen LogP contribution in [0.2, 0.25) is 0 Å². The Morgan fingerprint density at radius 3 is 3.08 bits per heavy atom. The molecule has 0 fully saturated rings. The van der Waals surface area contributed by atoms with Gasteiger partial charge in [0, 0.05) is 13.0 Å². The molecule has 0 aliphatic heterocycles. The van der Waals surface area contributed by atoms with Gasteiger partial charge in [0.05, 0.1) is 0 Å². The van der Waals surface area contributed by atoms with Crippen LogP contribution in [0.4, 0.5) is 5.95 Å². The average molecular weight is 184 g/mol. The summed E-state index contributed by atoms with van der Waals surface area (Å²) in [6, 6.07) is 0. The number of carbonyl (C=O) groups is 1. The van der Waals surface area contributed by atoms with Crippen molar-refractivity contribution in [3.05, 3.63) is 6.33 Å². The molecule has 0 aliphatic carbocycles. The third-order valence-electron chi connectivity index (χ3n) is 1.48. The summed E-state index contributed by atoms with van der Waals surface area (Å²) < 4.78 is 0. The number of unbranched alkanes of at least 4 members (excludes halogenated alkanes) is 1. The molecule has 6 nitrogen and oxygen atoms in total. The van der Waals surface area contributed by atoms with Crippen LogP contribution in [0.5, 0.6) is 0 Å². The molecule has 0 saturated carbocycles. The van der Waals surface area contributed by atoms with E-state index in [-0.39, 0.29) is 12.5 Å². The first kappa shape index (κ1) is 9.66. The zero-order valence-electron chi connectivity index (χ0n) is 7.16. The monoisotopic (exact) mass is 184 g/mol. The minimum absolute atomic E-state index is 0.120. The minimum atomic E-state index is -0.120. The van der Waals surface area contributed by atoms with Crippen LogP contribution >= 0.6 is 0 Å². The smallest absolute Gasteiger partial charge is 0.226 e. The number of amides is 1. The van der Waals surface area contributed by atoms with Crippen molar-refractivity contribution in [2.24, 2.45) is 0 Å². The number of H-pyrrole nitrogens is 1. The molecule has 0 atom stereocenters. The van der Waals surface area contributed by atoms with Gasteiger partial charge < -0.3 is 5.11 Å². The molecule has 3 N–H and O–H groups in total. The van der Waals surface area contributed by atoms with Gasteiger partial charge in [-0.1, -0.05) is 0 Å². The van der Waals surface area contributed by atoms with Crippen molar-refractivity contribution in [1.82, 2.24) is 15.2 Å². The van der Waals surface area contributed by atoms with E-state index in [0.29, 0.717) is 25.2 Å². The van der Waals surface area contributed by atoms with E-state index in [0.717, 1.165) is 0 Å². The highest BCUT2D eigenvalue weighted by atomic mass is 16.2. The van der Waals surface area contributed by atoms with E-state index in [2.05, 4.69) is 20.5 Å². The zero-order valence-corrected chi connectivity index (χ0v) is 7.16. The summed E-state index contributed by atoms with van der Waals surface area (Å²) in [5.74, 6) is 0.235. The quantitative estimate of drug-likeness (QED) is 0.557. The first-order chi connectivity index (χ1) is 6.33. The third-order valence-corrected chi connectivity index (χ3v) is 1.48. The van der Waals surface area contributed by atoms with Gasteiger partial charge in [-0.15, -0.1) is 0 Å². The molecule has 1 aromatic rings. The highest BCUT2D eigenvalue weighted by molar-refractivity contribution is 5.88. The summed E-state index contributed by atoms with van der Waals surface area (Å²) in [6.07, 6.45) is 3.03. The predicted octanol–water partition coefficient (Wildman–Crippen LogP) is -0.0942. The second-order valence-electron chi connectivity index (χ2n) is 2.56. The van der Waals surface area contributed by atoms with Gasteiger partial charge >= 0.3 is 0 Å². The van der Waals surface area contributed by atoms with Gasteiger partial charge in [-0.05, 0) is 12.8 Å². The Hall–Kier alpha value is -1.43. The molecule has 0 spiro atoms. The van der Waals surface area contributed by atoms with E-state index in [1.54, 1.807) is 0 Å². The summed E-state index contributed by atoms with van der Waals surface area (Å²) in [5, 5.41) is 17.1. The highest BCUT2D eigenvalue weighted by Gasteiger charge is 2.02. The van der Waals surface area contributed by atoms with Gasteiger partial charge in [-0.25, -0.2) is 5.10 Å². The molecule has 1 heterocycles. The molecule has 0 radical (unpaired) electrons. The van der Waals surface area contributed by atoms with Crippen molar-refractivity contribution in [3.8, 4) is 0 Å². The lowest BCUT2D eigenvalue weighted by atomic mass is 10.2. The van der Waals surface area contributed by atoms with Crippen molar-refractivity contribution in [3.63, 3.8) is 0 Å². The zero-order chi connectivity index (χ0) is 9.52. The van der Waals surface area contributed by atoms with Crippen LogP contribution in [-0.2, 0) is 4.79 Å². The van der Waals surface area contributed by atoms with Crippen LogP contribution in [0, 0.1) is 0 Å². The highest BCUT2D eigenvalue weighted by Crippen LogP contribution is 1.98. The molecular formula is C7H12N4O2. The summed E-state index contributed by atoms with van der Waals surface area (Å²) in [4.78, 5) is 14.8. The minimum Gasteiger partial charge on any atom is -0.396 e. The molecule has 1 aromatic heterocycles. The fourth-order valence-electron chi connectivity index (χ4n) is 0.858. The molecule has 0 saturated heterocycles. The number of hydrogen-bond acceptors (Lipinski definition) is 4. The van der Waals surface area contributed by atoms with Crippen LogP contribution in [0.15, 0.2) is 6.33 Å².